The number of imidazole rings is 1. The SMILES string of the molecule is CCCn1c(Oc2cccc(OC)c2)nc2nc(C34CCC(CCC(=O)O)(CC3)CC4)[nH]c2c1=O. The molecule has 0 atom stereocenters. The van der Waals surface area contributed by atoms with Gasteiger partial charge in [-0.2, -0.15) is 4.98 Å². The summed E-state index contributed by atoms with van der Waals surface area (Å²) in [6.45, 7) is 2.48. The predicted octanol–water partition coefficient (Wildman–Crippen LogP) is 4.79. The van der Waals surface area contributed by atoms with Crippen LogP contribution in [0.3, 0.4) is 0 Å². The third kappa shape index (κ3) is 4.28. The number of hydrogen-bond donors (Lipinski definition) is 2. The van der Waals surface area contributed by atoms with Crippen LogP contribution in [0.15, 0.2) is 29.1 Å². The maximum Gasteiger partial charge on any atom is 0.306 e. The van der Waals surface area contributed by atoms with E-state index in [1.165, 1.54) is 0 Å². The van der Waals surface area contributed by atoms with Gasteiger partial charge in [-0.15, -0.1) is 0 Å². The zero-order valence-corrected chi connectivity index (χ0v) is 20.3. The Balaban J connectivity index is 1.47. The molecular weight excluding hydrogens is 448 g/mol. The summed E-state index contributed by atoms with van der Waals surface area (Å²) >= 11 is 0. The highest BCUT2D eigenvalue weighted by Crippen LogP contribution is 2.59. The average molecular weight is 481 g/mol. The van der Waals surface area contributed by atoms with E-state index in [1.807, 2.05) is 19.1 Å². The molecule has 3 aliphatic carbocycles. The number of hydrogen-bond acceptors (Lipinski definition) is 6. The van der Waals surface area contributed by atoms with Crippen molar-refractivity contribution in [1.29, 1.82) is 0 Å². The second-order valence-electron chi connectivity index (χ2n) is 10.1. The summed E-state index contributed by atoms with van der Waals surface area (Å²) in [6, 6.07) is 7.41. The Hall–Kier alpha value is -3.36. The molecule has 2 aromatic heterocycles. The highest BCUT2D eigenvalue weighted by Gasteiger charge is 2.50. The predicted molar refractivity (Wildman–Crippen MR) is 130 cm³/mol. The fourth-order valence-electron chi connectivity index (χ4n) is 5.85. The third-order valence-electron chi connectivity index (χ3n) is 8.05. The number of fused-ring (bicyclic) bond motifs is 4. The molecule has 2 bridgehead atoms. The second-order valence-corrected chi connectivity index (χ2v) is 10.1. The molecule has 3 fully saturated rings. The minimum absolute atomic E-state index is 0.110. The van der Waals surface area contributed by atoms with E-state index in [0.29, 0.717) is 29.2 Å². The molecule has 3 aromatic rings. The molecule has 6 rings (SSSR count). The number of carboxylic acids is 1. The number of aromatic nitrogens is 4. The van der Waals surface area contributed by atoms with Gasteiger partial charge in [0.1, 0.15) is 17.3 Å². The van der Waals surface area contributed by atoms with Gasteiger partial charge in [-0.25, -0.2) is 4.98 Å². The van der Waals surface area contributed by atoms with Crippen LogP contribution in [0.5, 0.6) is 17.5 Å². The summed E-state index contributed by atoms with van der Waals surface area (Å²) in [5.41, 5.74) is 0.622. The zero-order chi connectivity index (χ0) is 24.6. The maximum absolute atomic E-state index is 13.4. The van der Waals surface area contributed by atoms with Gasteiger partial charge in [0, 0.05) is 24.4 Å². The van der Waals surface area contributed by atoms with Crippen molar-refractivity contribution in [2.24, 2.45) is 5.41 Å². The maximum atomic E-state index is 13.4. The molecule has 3 saturated carbocycles. The van der Waals surface area contributed by atoms with Crippen molar-refractivity contribution in [3.05, 3.63) is 40.4 Å². The fourth-order valence-corrected chi connectivity index (χ4v) is 5.85. The topological polar surface area (TPSA) is 119 Å². The lowest BCUT2D eigenvalue weighted by atomic mass is 9.52. The number of methoxy groups -OCH3 is 1. The highest BCUT2D eigenvalue weighted by molar-refractivity contribution is 5.70. The molecule has 0 saturated heterocycles. The van der Waals surface area contributed by atoms with Gasteiger partial charge in [0.15, 0.2) is 11.2 Å². The number of carbonyl (C=O) groups is 1. The Labute approximate surface area is 203 Å². The van der Waals surface area contributed by atoms with E-state index in [9.17, 15) is 9.59 Å². The van der Waals surface area contributed by atoms with Crippen LogP contribution in [0.25, 0.3) is 11.2 Å². The summed E-state index contributed by atoms with van der Waals surface area (Å²) in [5.74, 6) is 1.29. The van der Waals surface area contributed by atoms with Crippen molar-refractivity contribution in [2.75, 3.05) is 7.11 Å². The first kappa shape index (κ1) is 23.4. The van der Waals surface area contributed by atoms with Gasteiger partial charge in [0.25, 0.3) is 5.56 Å². The molecule has 0 unspecified atom stereocenters. The quantitative estimate of drug-likeness (QED) is 0.452. The first-order valence-electron chi connectivity index (χ1n) is 12.4. The lowest BCUT2D eigenvalue weighted by molar-refractivity contribution is -0.138. The summed E-state index contributed by atoms with van der Waals surface area (Å²) in [7, 11) is 1.59. The van der Waals surface area contributed by atoms with Crippen molar-refractivity contribution < 1.29 is 19.4 Å². The van der Waals surface area contributed by atoms with Gasteiger partial charge in [-0.1, -0.05) is 13.0 Å². The van der Waals surface area contributed by atoms with E-state index in [2.05, 4.69) is 9.97 Å². The van der Waals surface area contributed by atoms with Crippen LogP contribution in [-0.2, 0) is 16.8 Å². The van der Waals surface area contributed by atoms with Crippen molar-refractivity contribution in [1.82, 2.24) is 19.5 Å². The monoisotopic (exact) mass is 480 g/mol. The van der Waals surface area contributed by atoms with E-state index in [1.54, 1.807) is 23.8 Å². The summed E-state index contributed by atoms with van der Waals surface area (Å²) in [5, 5.41) is 9.13. The molecule has 0 amide bonds. The van der Waals surface area contributed by atoms with Crippen molar-refractivity contribution in [3.8, 4) is 17.5 Å². The Morgan fingerprint density at radius 1 is 1.14 bits per heavy atom. The Morgan fingerprint density at radius 2 is 1.86 bits per heavy atom. The van der Waals surface area contributed by atoms with Crippen LogP contribution in [0.2, 0.25) is 0 Å². The molecule has 0 aliphatic heterocycles. The Kier molecular flexibility index (Phi) is 6.02. The second kappa shape index (κ2) is 9.02. The fraction of sp³-hybridized carbons (Fsp3) is 0.538. The van der Waals surface area contributed by atoms with Gasteiger partial charge in [0.05, 0.1) is 7.11 Å². The minimum Gasteiger partial charge on any atom is -0.497 e. The Bertz CT molecular complexity index is 1290. The molecule has 0 spiro atoms. The first-order valence-corrected chi connectivity index (χ1v) is 12.4. The van der Waals surface area contributed by atoms with Crippen LogP contribution < -0.4 is 15.0 Å². The van der Waals surface area contributed by atoms with Gasteiger partial charge < -0.3 is 19.6 Å². The number of nitrogens with one attached hydrogen (secondary N) is 1. The minimum atomic E-state index is -0.722. The van der Waals surface area contributed by atoms with Gasteiger partial charge >= 0.3 is 12.0 Å². The smallest absolute Gasteiger partial charge is 0.306 e. The number of benzene rings is 1. The average Bonchev–Trinajstić information content (AvgIpc) is 3.32. The van der Waals surface area contributed by atoms with Crippen LogP contribution in [0.4, 0.5) is 0 Å². The van der Waals surface area contributed by atoms with Crippen LogP contribution in [-0.4, -0.2) is 37.7 Å². The molecular formula is C26H32N4O5. The van der Waals surface area contributed by atoms with Crippen LogP contribution in [0, 0.1) is 5.41 Å². The van der Waals surface area contributed by atoms with Gasteiger partial charge in [0.2, 0.25) is 0 Å². The largest absolute Gasteiger partial charge is 0.497 e. The standard InChI is InChI=1S/C26H32N4O5/c1-3-15-30-22(33)20-21(29-24(30)35-18-6-4-5-17(16-18)34-2)28-23(27-20)26-12-9-25(10-13-26,11-14-26)8-7-19(31)32/h4-6,16H,3,7-15H2,1-2H3,(H,27,28)(H,31,32). The summed E-state index contributed by atoms with van der Waals surface area (Å²) in [6.07, 6.45) is 7.56. The van der Waals surface area contributed by atoms with Crippen LogP contribution in [0.1, 0.15) is 70.5 Å². The van der Waals surface area contributed by atoms with Gasteiger partial charge in [-0.3, -0.25) is 14.2 Å². The number of aromatic amines is 1. The van der Waals surface area contributed by atoms with E-state index >= 15 is 0 Å². The summed E-state index contributed by atoms with van der Waals surface area (Å²) < 4.78 is 12.9. The van der Waals surface area contributed by atoms with Crippen molar-refractivity contribution >= 4 is 17.1 Å². The number of ether oxygens (including phenoxy) is 2. The molecule has 0 radical (unpaired) electrons. The van der Waals surface area contributed by atoms with E-state index in [4.69, 9.17) is 19.6 Å². The molecule has 35 heavy (non-hydrogen) atoms. The van der Waals surface area contributed by atoms with Crippen molar-refractivity contribution in [3.63, 3.8) is 0 Å². The molecule has 9 heteroatoms. The Morgan fingerprint density at radius 3 is 2.51 bits per heavy atom. The number of rotatable bonds is 9. The highest BCUT2D eigenvalue weighted by atomic mass is 16.5. The molecule has 1 aromatic carbocycles. The molecule has 186 valence electrons. The molecule has 9 nitrogen and oxygen atoms in total. The lowest BCUT2D eigenvalue weighted by Gasteiger charge is -2.52. The number of nitrogens with zero attached hydrogens (tertiary/aromatic N) is 3. The number of aliphatic carboxylic acids is 1. The van der Waals surface area contributed by atoms with E-state index < -0.39 is 5.97 Å². The zero-order valence-electron chi connectivity index (χ0n) is 20.3. The molecule has 3 aliphatic rings. The molecule has 2 N–H and O–H groups in total. The van der Waals surface area contributed by atoms with Crippen molar-refractivity contribution in [2.45, 2.75) is 76.7 Å². The normalized spacial score (nSPS) is 23.5. The number of H-pyrrole nitrogens is 1. The van der Waals surface area contributed by atoms with E-state index in [-0.39, 0.29) is 28.8 Å². The van der Waals surface area contributed by atoms with E-state index in [0.717, 1.165) is 57.2 Å². The first-order chi connectivity index (χ1) is 16.9. The lowest BCUT2D eigenvalue weighted by Crippen LogP contribution is -2.45. The van der Waals surface area contributed by atoms with Crippen LogP contribution >= 0.6 is 0 Å². The third-order valence-corrected chi connectivity index (χ3v) is 8.05. The van der Waals surface area contributed by atoms with Gasteiger partial charge in [-0.05, 0) is 68.9 Å². The molecule has 2 heterocycles. The number of carboxylic acid groups (broad SMARTS) is 1. The summed E-state index contributed by atoms with van der Waals surface area (Å²) in [4.78, 5) is 37.4.